The van der Waals surface area contributed by atoms with Crippen LogP contribution in [0.2, 0.25) is 0 Å². The number of nitrogens with zero attached hydrogens (tertiary/aromatic N) is 4. The lowest BCUT2D eigenvalue weighted by Gasteiger charge is -2.30. The van der Waals surface area contributed by atoms with E-state index in [2.05, 4.69) is 68.3 Å². The average molecular weight is 452 g/mol. The van der Waals surface area contributed by atoms with Crippen molar-refractivity contribution >= 4 is 33.5 Å². The van der Waals surface area contributed by atoms with Crippen molar-refractivity contribution in [2.75, 3.05) is 23.3 Å². The third kappa shape index (κ3) is 3.13. The third-order valence-corrected chi connectivity index (χ3v) is 6.33. The Morgan fingerprint density at radius 1 is 1.17 bits per heavy atom. The molecule has 1 atom stereocenters. The number of aromatic nitrogens is 3. The van der Waals surface area contributed by atoms with Gasteiger partial charge in [-0.1, -0.05) is 66.2 Å². The lowest BCUT2D eigenvalue weighted by atomic mass is 9.87. The zero-order valence-corrected chi connectivity index (χ0v) is 18.0. The Bertz CT molecular complexity index is 1090. The molecule has 5 rings (SSSR count). The molecule has 3 aromatic rings. The van der Waals surface area contributed by atoms with Crippen molar-refractivity contribution in [3.05, 3.63) is 58.6 Å². The average Bonchev–Trinajstić information content (AvgIpc) is 3.23. The van der Waals surface area contributed by atoms with Gasteiger partial charge < -0.3 is 10.2 Å². The molecule has 29 heavy (non-hydrogen) atoms. The summed E-state index contributed by atoms with van der Waals surface area (Å²) in [5, 5.41) is 7.84. The maximum absolute atomic E-state index is 12.7. The lowest BCUT2D eigenvalue weighted by molar-refractivity contribution is 0.0873. The first-order valence-corrected chi connectivity index (χ1v) is 10.6. The molecule has 0 radical (unpaired) electrons. The van der Waals surface area contributed by atoms with Gasteiger partial charge in [-0.15, -0.1) is 5.10 Å². The molecule has 148 valence electrons. The summed E-state index contributed by atoms with van der Waals surface area (Å²) in [5.41, 5.74) is 3.52. The molecular formula is C22H22BrN5O. The Kier molecular flexibility index (Phi) is 4.24. The molecule has 0 saturated heterocycles. The van der Waals surface area contributed by atoms with Crippen LogP contribution in [-0.2, 0) is 5.41 Å². The molecule has 6 nitrogen and oxygen atoms in total. The summed E-state index contributed by atoms with van der Waals surface area (Å²) < 4.78 is 2.54. The van der Waals surface area contributed by atoms with Gasteiger partial charge >= 0.3 is 0 Å². The van der Waals surface area contributed by atoms with Crippen LogP contribution in [0.4, 0.5) is 11.6 Å². The molecule has 1 N–H and O–H groups in total. The Morgan fingerprint density at radius 2 is 1.97 bits per heavy atom. The first kappa shape index (κ1) is 18.4. The van der Waals surface area contributed by atoms with Gasteiger partial charge in [0.15, 0.2) is 5.82 Å². The molecule has 1 aromatic heterocycles. The quantitative estimate of drug-likeness (QED) is 0.641. The largest absolute Gasteiger partial charge is 0.368 e. The molecule has 0 bridgehead atoms. The van der Waals surface area contributed by atoms with E-state index in [0.717, 1.165) is 23.1 Å². The highest BCUT2D eigenvalue weighted by atomic mass is 79.9. The second-order valence-electron chi connectivity index (χ2n) is 8.37. The van der Waals surface area contributed by atoms with E-state index < -0.39 is 0 Å². The number of benzene rings is 2. The summed E-state index contributed by atoms with van der Waals surface area (Å²) in [6.07, 6.45) is 0.394. The van der Waals surface area contributed by atoms with Crippen LogP contribution in [0.15, 0.2) is 53.0 Å². The van der Waals surface area contributed by atoms with E-state index in [1.54, 1.807) is 0 Å². The summed E-state index contributed by atoms with van der Waals surface area (Å²) in [6, 6.07) is 16.1. The maximum atomic E-state index is 12.7. The molecule has 0 spiro atoms. The van der Waals surface area contributed by atoms with Gasteiger partial charge in [0.1, 0.15) is 0 Å². The van der Waals surface area contributed by atoms with E-state index in [1.165, 1.54) is 15.9 Å². The number of rotatable bonds is 3. The molecular weight excluding hydrogens is 430 g/mol. The first-order chi connectivity index (χ1) is 13.9. The molecule has 7 heteroatoms. The topological polar surface area (TPSA) is 63.1 Å². The number of carbonyl (C=O) groups is 1. The fourth-order valence-electron chi connectivity index (χ4n) is 4.45. The fourth-order valence-corrected chi connectivity index (χ4v) is 5.34. The van der Waals surface area contributed by atoms with Crippen molar-refractivity contribution in [2.24, 2.45) is 0 Å². The van der Waals surface area contributed by atoms with Crippen LogP contribution in [0.25, 0.3) is 11.4 Å². The number of hydrogen-bond acceptors (Lipinski definition) is 5. The molecule has 2 aliphatic rings. The number of anilines is 2. The predicted octanol–water partition coefficient (Wildman–Crippen LogP) is 4.33. The minimum atomic E-state index is -0.0219. The standard InChI is InChI=1S/C22H22BrN5O/c1-22(2)13-27(17-10-6-9-16(23)19(17)22)12-15-11-18(29)28-21(24-15)25-20(26-28)14-7-4-3-5-8-14/h3-10,15H,11-13H2,1-2H3,(H,24,25,26). The van der Waals surface area contributed by atoms with E-state index in [-0.39, 0.29) is 17.4 Å². The van der Waals surface area contributed by atoms with E-state index in [9.17, 15) is 4.79 Å². The molecule has 0 amide bonds. The minimum Gasteiger partial charge on any atom is -0.368 e. The predicted molar refractivity (Wildman–Crippen MR) is 117 cm³/mol. The summed E-state index contributed by atoms with van der Waals surface area (Å²) in [4.78, 5) is 19.7. The molecule has 0 aliphatic carbocycles. The Balaban J connectivity index is 1.40. The van der Waals surface area contributed by atoms with Gasteiger partial charge in [-0.2, -0.15) is 9.67 Å². The van der Waals surface area contributed by atoms with Crippen molar-refractivity contribution < 1.29 is 4.79 Å². The third-order valence-electron chi connectivity index (χ3n) is 5.67. The number of halogens is 1. The molecule has 3 heterocycles. The van der Waals surface area contributed by atoms with E-state index >= 15 is 0 Å². The van der Waals surface area contributed by atoms with Crippen LogP contribution >= 0.6 is 15.9 Å². The van der Waals surface area contributed by atoms with Crippen LogP contribution in [0.3, 0.4) is 0 Å². The van der Waals surface area contributed by atoms with Crippen molar-refractivity contribution in [3.8, 4) is 11.4 Å². The Morgan fingerprint density at radius 3 is 2.76 bits per heavy atom. The molecule has 2 aromatic carbocycles. The molecule has 0 saturated carbocycles. The SMILES string of the molecule is CC1(C)CN(CC2CC(=O)n3nc(-c4ccccc4)nc3N2)c2cccc(Br)c21. The highest BCUT2D eigenvalue weighted by molar-refractivity contribution is 9.10. The Labute approximate surface area is 178 Å². The number of nitrogens with one attached hydrogen (secondary N) is 1. The van der Waals surface area contributed by atoms with Crippen molar-refractivity contribution in [2.45, 2.75) is 31.7 Å². The molecule has 0 fully saturated rings. The van der Waals surface area contributed by atoms with Crippen LogP contribution in [0, 0.1) is 0 Å². The van der Waals surface area contributed by atoms with Gasteiger partial charge in [0.25, 0.3) is 5.91 Å². The van der Waals surface area contributed by atoms with Gasteiger partial charge in [-0.3, -0.25) is 4.79 Å². The second kappa shape index (κ2) is 6.69. The van der Waals surface area contributed by atoms with E-state index in [0.29, 0.717) is 18.2 Å². The first-order valence-electron chi connectivity index (χ1n) is 9.78. The smallest absolute Gasteiger partial charge is 0.252 e. The lowest BCUT2D eigenvalue weighted by Crippen LogP contribution is -2.43. The van der Waals surface area contributed by atoms with Crippen LogP contribution in [0.5, 0.6) is 0 Å². The number of carbonyl (C=O) groups excluding carboxylic acids is 1. The fraction of sp³-hybridized carbons (Fsp3) is 0.318. The number of fused-ring (bicyclic) bond motifs is 2. The van der Waals surface area contributed by atoms with Gasteiger partial charge in [-0.05, 0) is 17.7 Å². The molecule has 2 aliphatic heterocycles. The zero-order chi connectivity index (χ0) is 20.2. The highest BCUT2D eigenvalue weighted by Crippen LogP contribution is 2.44. The maximum Gasteiger partial charge on any atom is 0.252 e. The van der Waals surface area contributed by atoms with Crippen LogP contribution in [-0.4, -0.2) is 39.8 Å². The van der Waals surface area contributed by atoms with Crippen LogP contribution < -0.4 is 10.2 Å². The summed E-state index contributed by atoms with van der Waals surface area (Å²) >= 11 is 3.71. The number of hydrogen-bond donors (Lipinski definition) is 1. The highest BCUT2D eigenvalue weighted by Gasteiger charge is 2.38. The summed E-state index contributed by atoms with van der Waals surface area (Å²) in [7, 11) is 0. The van der Waals surface area contributed by atoms with E-state index in [4.69, 9.17) is 0 Å². The minimum absolute atomic E-state index is 0.0106. The van der Waals surface area contributed by atoms with E-state index in [1.807, 2.05) is 30.3 Å². The summed E-state index contributed by atoms with van der Waals surface area (Å²) in [6.45, 7) is 6.18. The Hall–Kier alpha value is -2.67. The monoisotopic (exact) mass is 451 g/mol. The van der Waals surface area contributed by atoms with Crippen molar-refractivity contribution in [3.63, 3.8) is 0 Å². The molecule has 1 unspecified atom stereocenters. The van der Waals surface area contributed by atoms with Gasteiger partial charge in [0.05, 0.1) is 12.5 Å². The zero-order valence-electron chi connectivity index (χ0n) is 16.4. The normalized spacial score (nSPS) is 19.6. The van der Waals surface area contributed by atoms with Gasteiger partial charge in [0, 0.05) is 34.2 Å². The van der Waals surface area contributed by atoms with Crippen LogP contribution in [0.1, 0.15) is 30.6 Å². The second-order valence-corrected chi connectivity index (χ2v) is 9.23. The van der Waals surface area contributed by atoms with Gasteiger partial charge in [0.2, 0.25) is 5.95 Å². The van der Waals surface area contributed by atoms with Crippen molar-refractivity contribution in [1.29, 1.82) is 0 Å². The van der Waals surface area contributed by atoms with Gasteiger partial charge in [-0.25, -0.2) is 0 Å². The van der Waals surface area contributed by atoms with Crippen molar-refractivity contribution in [1.82, 2.24) is 14.8 Å². The summed E-state index contributed by atoms with van der Waals surface area (Å²) in [5.74, 6) is 1.07.